The van der Waals surface area contributed by atoms with Crippen LogP contribution >= 0.6 is 11.3 Å². The summed E-state index contributed by atoms with van der Waals surface area (Å²) in [4.78, 5) is 33.3. The van der Waals surface area contributed by atoms with Crippen molar-refractivity contribution < 1.29 is 19.4 Å². The Kier molecular flexibility index (Phi) is 3.82. The fraction of sp³-hybridized carbons (Fsp3) is 0.385. The third-order valence-electron chi connectivity index (χ3n) is 2.50. The van der Waals surface area contributed by atoms with Gasteiger partial charge in [0.2, 0.25) is 0 Å². The lowest BCUT2D eigenvalue weighted by atomic mass is 10.2. The third-order valence-corrected chi connectivity index (χ3v) is 3.56. The molecule has 0 unspecified atom stereocenters. The average molecular weight is 309 g/mol. The maximum absolute atomic E-state index is 12.1. The molecule has 2 aromatic rings. The van der Waals surface area contributed by atoms with Crippen LogP contribution in [0.1, 0.15) is 30.4 Å². The third kappa shape index (κ3) is 3.10. The number of thiophene rings is 1. The summed E-state index contributed by atoms with van der Waals surface area (Å²) in [6.07, 6.45) is 2.28. The normalized spacial score (nSPS) is 11.4. The molecule has 0 spiro atoms. The van der Waals surface area contributed by atoms with Crippen molar-refractivity contribution in [2.45, 2.75) is 26.4 Å². The van der Waals surface area contributed by atoms with Gasteiger partial charge in [-0.25, -0.2) is 19.6 Å². The molecule has 8 heteroatoms. The van der Waals surface area contributed by atoms with Crippen molar-refractivity contribution in [3.8, 4) is 0 Å². The fourth-order valence-electron chi connectivity index (χ4n) is 1.69. The van der Waals surface area contributed by atoms with Crippen molar-refractivity contribution in [3.63, 3.8) is 0 Å². The number of hydrogen-bond donors (Lipinski definition) is 1. The lowest BCUT2D eigenvalue weighted by Gasteiger charge is -2.24. The van der Waals surface area contributed by atoms with Gasteiger partial charge in [-0.2, -0.15) is 0 Å². The summed E-state index contributed by atoms with van der Waals surface area (Å²) in [5.74, 6) is -1.13. The molecule has 1 amide bonds. The number of carboxylic acids is 1. The van der Waals surface area contributed by atoms with Crippen LogP contribution in [0.5, 0.6) is 0 Å². The van der Waals surface area contributed by atoms with E-state index >= 15 is 0 Å². The van der Waals surface area contributed by atoms with Crippen LogP contribution in [0.3, 0.4) is 0 Å². The number of rotatable bonds is 2. The lowest BCUT2D eigenvalue weighted by Crippen LogP contribution is -2.34. The quantitative estimate of drug-likeness (QED) is 0.917. The van der Waals surface area contributed by atoms with Gasteiger partial charge in [-0.1, -0.05) is 0 Å². The van der Waals surface area contributed by atoms with Crippen LogP contribution in [0, 0.1) is 0 Å². The molecular weight excluding hydrogens is 294 g/mol. The minimum absolute atomic E-state index is 0.00422. The molecule has 0 atom stereocenters. The minimum atomic E-state index is -1.13. The number of amides is 1. The van der Waals surface area contributed by atoms with Crippen LogP contribution in [-0.4, -0.2) is 39.8 Å². The number of fused-ring (bicyclic) bond motifs is 1. The largest absolute Gasteiger partial charge is 0.477 e. The highest BCUT2D eigenvalue weighted by Crippen LogP contribution is 2.35. The molecule has 0 saturated carbocycles. The number of carboxylic acid groups (broad SMARTS) is 1. The summed E-state index contributed by atoms with van der Waals surface area (Å²) in [6.45, 7) is 5.22. The molecule has 0 aromatic carbocycles. The molecule has 0 aliphatic heterocycles. The van der Waals surface area contributed by atoms with E-state index in [9.17, 15) is 14.7 Å². The summed E-state index contributed by atoms with van der Waals surface area (Å²) in [6, 6.07) is 0. The van der Waals surface area contributed by atoms with Gasteiger partial charge in [0, 0.05) is 19.4 Å². The molecule has 0 aliphatic rings. The van der Waals surface area contributed by atoms with Gasteiger partial charge in [-0.05, 0) is 20.8 Å². The Morgan fingerprint density at radius 1 is 1.29 bits per heavy atom. The second-order valence-electron chi connectivity index (χ2n) is 5.33. The Morgan fingerprint density at radius 3 is 2.48 bits per heavy atom. The Labute approximate surface area is 125 Å². The first-order valence-electron chi connectivity index (χ1n) is 6.14. The number of aromatic carboxylic acids is 1. The summed E-state index contributed by atoms with van der Waals surface area (Å²) in [5, 5.41) is 9.31. The number of hydrogen-bond acceptors (Lipinski definition) is 6. The number of ether oxygens (including phenoxy) is 1. The van der Waals surface area contributed by atoms with Gasteiger partial charge in [0.1, 0.15) is 26.5 Å². The molecule has 0 radical (unpaired) electrons. The molecule has 1 N–H and O–H groups in total. The van der Waals surface area contributed by atoms with Crippen LogP contribution in [0.25, 0.3) is 10.3 Å². The Bertz CT molecular complexity index is 705. The van der Waals surface area contributed by atoms with E-state index in [1.54, 1.807) is 20.8 Å². The molecule has 7 nitrogen and oxygen atoms in total. The van der Waals surface area contributed by atoms with Crippen molar-refractivity contribution >= 4 is 39.4 Å². The smallest absolute Gasteiger partial charge is 0.414 e. The zero-order chi connectivity index (χ0) is 15.8. The van der Waals surface area contributed by atoms with Crippen LogP contribution < -0.4 is 4.90 Å². The van der Waals surface area contributed by atoms with Gasteiger partial charge in [0.15, 0.2) is 0 Å². The zero-order valence-corrected chi connectivity index (χ0v) is 12.9. The molecule has 2 heterocycles. The van der Waals surface area contributed by atoms with E-state index in [-0.39, 0.29) is 10.6 Å². The average Bonchev–Trinajstić information content (AvgIpc) is 2.75. The summed E-state index contributed by atoms with van der Waals surface area (Å²) >= 11 is 0.973. The Balaban J connectivity index is 2.51. The molecule has 112 valence electrons. The van der Waals surface area contributed by atoms with E-state index in [0.717, 1.165) is 16.2 Å². The number of anilines is 1. The van der Waals surface area contributed by atoms with Crippen LogP contribution in [-0.2, 0) is 4.74 Å². The molecule has 2 rings (SSSR count). The highest BCUT2D eigenvalue weighted by Gasteiger charge is 2.28. The van der Waals surface area contributed by atoms with E-state index in [1.807, 2.05) is 0 Å². The van der Waals surface area contributed by atoms with Crippen LogP contribution in [0.15, 0.2) is 12.4 Å². The summed E-state index contributed by atoms with van der Waals surface area (Å²) < 4.78 is 5.26. The maximum atomic E-state index is 12.1. The van der Waals surface area contributed by atoms with Crippen molar-refractivity contribution in [3.05, 3.63) is 17.3 Å². The van der Waals surface area contributed by atoms with Gasteiger partial charge in [-0.15, -0.1) is 11.3 Å². The first-order valence-corrected chi connectivity index (χ1v) is 6.96. The first-order chi connectivity index (χ1) is 9.70. The number of carbonyl (C=O) groups excluding carboxylic acids is 1. The highest BCUT2D eigenvalue weighted by atomic mass is 32.1. The standard InChI is InChI=1S/C13H15N3O4S/c1-13(2,3)20-12(19)16(4)8-7-10(15-6-5-14-7)21-9(8)11(17)18/h5-6H,1-4H3,(H,17,18). The second-order valence-corrected chi connectivity index (χ2v) is 6.33. The van der Waals surface area contributed by atoms with Crippen molar-refractivity contribution in [2.75, 3.05) is 11.9 Å². The van der Waals surface area contributed by atoms with E-state index in [1.165, 1.54) is 19.4 Å². The van der Waals surface area contributed by atoms with E-state index in [4.69, 9.17) is 4.74 Å². The predicted octanol–water partition coefficient (Wildman–Crippen LogP) is 2.76. The van der Waals surface area contributed by atoms with Crippen molar-refractivity contribution in [1.29, 1.82) is 0 Å². The molecule has 2 aromatic heterocycles. The molecule has 0 aliphatic carbocycles. The molecule has 0 bridgehead atoms. The van der Waals surface area contributed by atoms with Gasteiger partial charge >= 0.3 is 12.1 Å². The maximum Gasteiger partial charge on any atom is 0.414 e. The monoisotopic (exact) mass is 309 g/mol. The van der Waals surface area contributed by atoms with E-state index in [2.05, 4.69) is 9.97 Å². The van der Waals surface area contributed by atoms with E-state index < -0.39 is 17.7 Å². The molecular formula is C13H15N3O4S. The summed E-state index contributed by atoms with van der Waals surface area (Å²) in [7, 11) is 1.46. The highest BCUT2D eigenvalue weighted by molar-refractivity contribution is 7.21. The van der Waals surface area contributed by atoms with Gasteiger partial charge in [-0.3, -0.25) is 4.90 Å². The summed E-state index contributed by atoms with van der Waals surface area (Å²) in [5.41, 5.74) is -0.107. The van der Waals surface area contributed by atoms with E-state index in [0.29, 0.717) is 10.3 Å². The van der Waals surface area contributed by atoms with Crippen molar-refractivity contribution in [1.82, 2.24) is 9.97 Å². The molecule has 0 saturated heterocycles. The zero-order valence-electron chi connectivity index (χ0n) is 12.1. The Hall–Kier alpha value is -2.22. The van der Waals surface area contributed by atoms with Gasteiger partial charge in [0.05, 0.1) is 0 Å². The lowest BCUT2D eigenvalue weighted by molar-refractivity contribution is 0.0589. The van der Waals surface area contributed by atoms with Gasteiger partial charge < -0.3 is 9.84 Å². The molecule has 0 fully saturated rings. The second kappa shape index (κ2) is 5.28. The Morgan fingerprint density at radius 2 is 1.90 bits per heavy atom. The first kappa shape index (κ1) is 15.2. The number of carbonyl (C=O) groups is 2. The number of aromatic nitrogens is 2. The fourth-order valence-corrected chi connectivity index (χ4v) is 2.66. The minimum Gasteiger partial charge on any atom is -0.477 e. The van der Waals surface area contributed by atoms with Crippen LogP contribution in [0.4, 0.5) is 10.5 Å². The molecule has 21 heavy (non-hydrogen) atoms. The van der Waals surface area contributed by atoms with Gasteiger partial charge in [0.25, 0.3) is 0 Å². The SMILES string of the molecule is CN(C(=O)OC(C)(C)C)c1c(C(=O)O)sc2nccnc12. The van der Waals surface area contributed by atoms with Crippen LogP contribution in [0.2, 0.25) is 0 Å². The topological polar surface area (TPSA) is 92.6 Å². The van der Waals surface area contributed by atoms with Crippen molar-refractivity contribution in [2.24, 2.45) is 0 Å². The predicted molar refractivity (Wildman–Crippen MR) is 79.0 cm³/mol. The number of nitrogens with zero attached hydrogens (tertiary/aromatic N) is 3.